The van der Waals surface area contributed by atoms with Gasteiger partial charge in [0.2, 0.25) is 5.91 Å². The van der Waals surface area contributed by atoms with Gasteiger partial charge in [0.25, 0.3) is 0 Å². The van der Waals surface area contributed by atoms with Crippen molar-refractivity contribution in [2.75, 3.05) is 18.3 Å². The molecule has 7 nitrogen and oxygen atoms in total. The second-order valence-corrected chi connectivity index (χ2v) is 12.6. The van der Waals surface area contributed by atoms with E-state index in [-0.39, 0.29) is 22.8 Å². The van der Waals surface area contributed by atoms with E-state index in [4.69, 9.17) is 5.73 Å². The molecule has 4 atom stereocenters. The fourth-order valence-corrected chi connectivity index (χ4v) is 5.04. The summed E-state index contributed by atoms with van der Waals surface area (Å²) in [6.45, 7) is 3.61. The molecule has 0 aliphatic heterocycles. The number of hydrogen-bond acceptors (Lipinski definition) is 7. The molecule has 0 aliphatic rings. The van der Waals surface area contributed by atoms with Crippen LogP contribution in [-0.4, -0.2) is 62.2 Å². The van der Waals surface area contributed by atoms with Crippen molar-refractivity contribution in [1.82, 2.24) is 10.6 Å². The van der Waals surface area contributed by atoms with Gasteiger partial charge in [-0.05, 0) is 59.6 Å². The number of aliphatic hydroxyl groups excluding tert-OH is 1. The van der Waals surface area contributed by atoms with Crippen LogP contribution in [0, 0.1) is 5.92 Å². The fourth-order valence-electron chi connectivity index (χ4n) is 3.92. The van der Waals surface area contributed by atoms with E-state index in [0.717, 1.165) is 6.26 Å². The SMILES string of the molecule is CSCC[C@H](NC(=O)[C@H](CC(C)C)N[C@@H](c1ccc(-c2ccc(S(C)(=O)=O)cc2)cc1)C(F)(F)F)C(N)O. The third-order valence-corrected chi connectivity index (χ3v) is 7.72. The summed E-state index contributed by atoms with van der Waals surface area (Å²) in [5.74, 6) is -0.140. The summed E-state index contributed by atoms with van der Waals surface area (Å²) in [7, 11) is -3.37. The lowest BCUT2D eigenvalue weighted by atomic mass is 9.97. The second kappa shape index (κ2) is 13.8. The van der Waals surface area contributed by atoms with Crippen LogP contribution in [0.2, 0.25) is 0 Å². The molecule has 0 aliphatic carbocycles. The molecule has 212 valence electrons. The largest absolute Gasteiger partial charge is 0.407 e. The molecule has 5 N–H and O–H groups in total. The molecular formula is C26H36F3N3O4S2. The van der Waals surface area contributed by atoms with E-state index in [1.807, 2.05) is 6.26 Å². The molecule has 0 heterocycles. The van der Waals surface area contributed by atoms with Crippen molar-refractivity contribution in [3.8, 4) is 11.1 Å². The van der Waals surface area contributed by atoms with Crippen molar-refractivity contribution in [3.63, 3.8) is 0 Å². The zero-order valence-corrected chi connectivity index (χ0v) is 23.5. The fraction of sp³-hybridized carbons (Fsp3) is 0.500. The Morgan fingerprint density at radius 1 is 1.05 bits per heavy atom. The van der Waals surface area contributed by atoms with E-state index in [1.54, 1.807) is 26.0 Å². The van der Waals surface area contributed by atoms with Crippen molar-refractivity contribution in [1.29, 1.82) is 0 Å². The van der Waals surface area contributed by atoms with Gasteiger partial charge >= 0.3 is 6.18 Å². The van der Waals surface area contributed by atoms with Gasteiger partial charge in [0.15, 0.2) is 9.84 Å². The lowest BCUT2D eigenvalue weighted by molar-refractivity contribution is -0.161. The van der Waals surface area contributed by atoms with Crippen molar-refractivity contribution in [2.24, 2.45) is 11.7 Å². The van der Waals surface area contributed by atoms with Gasteiger partial charge in [-0.2, -0.15) is 24.9 Å². The normalized spacial score (nSPS) is 15.6. The highest BCUT2D eigenvalue weighted by Crippen LogP contribution is 2.35. The maximum absolute atomic E-state index is 14.2. The van der Waals surface area contributed by atoms with Gasteiger partial charge in [-0.25, -0.2) is 8.42 Å². The quantitative estimate of drug-likeness (QED) is 0.268. The highest BCUT2D eigenvalue weighted by molar-refractivity contribution is 7.98. The lowest BCUT2D eigenvalue weighted by Gasteiger charge is -2.30. The maximum atomic E-state index is 14.2. The Labute approximate surface area is 226 Å². The van der Waals surface area contributed by atoms with E-state index in [9.17, 15) is 31.5 Å². The van der Waals surface area contributed by atoms with Crippen LogP contribution in [0.25, 0.3) is 11.1 Å². The molecule has 0 saturated heterocycles. The van der Waals surface area contributed by atoms with Crippen LogP contribution >= 0.6 is 11.8 Å². The third kappa shape index (κ3) is 9.57. The molecule has 1 unspecified atom stereocenters. The summed E-state index contributed by atoms with van der Waals surface area (Å²) in [6, 6.07) is 7.69. The van der Waals surface area contributed by atoms with Gasteiger partial charge in [-0.15, -0.1) is 0 Å². The Hall–Kier alpha value is -2.12. The molecule has 0 saturated carbocycles. The van der Waals surface area contributed by atoms with Gasteiger partial charge in [0, 0.05) is 6.26 Å². The predicted molar refractivity (Wildman–Crippen MR) is 145 cm³/mol. The topological polar surface area (TPSA) is 122 Å². The Kier molecular flexibility index (Phi) is 11.6. The number of alkyl halides is 3. The minimum absolute atomic E-state index is 0.0756. The summed E-state index contributed by atoms with van der Waals surface area (Å²) in [5.41, 5.74) is 6.76. The number of rotatable bonds is 13. The lowest BCUT2D eigenvalue weighted by Crippen LogP contribution is -2.55. The number of carbonyl (C=O) groups is 1. The van der Waals surface area contributed by atoms with E-state index >= 15 is 0 Å². The summed E-state index contributed by atoms with van der Waals surface area (Å²) in [5, 5.41) is 14.9. The van der Waals surface area contributed by atoms with Crippen LogP contribution in [0.4, 0.5) is 13.2 Å². The Morgan fingerprint density at radius 2 is 1.58 bits per heavy atom. The highest BCUT2D eigenvalue weighted by Gasteiger charge is 2.43. The van der Waals surface area contributed by atoms with Crippen molar-refractivity contribution < 1.29 is 31.5 Å². The number of thioether (sulfide) groups is 1. The van der Waals surface area contributed by atoms with Crippen molar-refractivity contribution in [2.45, 2.75) is 62.1 Å². The summed E-state index contributed by atoms with van der Waals surface area (Å²) >= 11 is 1.50. The van der Waals surface area contributed by atoms with Crippen LogP contribution in [-0.2, 0) is 14.6 Å². The molecule has 2 rings (SSSR count). The number of halogens is 3. The first-order valence-electron chi connectivity index (χ1n) is 12.1. The summed E-state index contributed by atoms with van der Waals surface area (Å²) < 4.78 is 65.9. The first kappa shape index (κ1) is 32.1. The molecule has 0 spiro atoms. The number of amides is 1. The molecule has 0 fully saturated rings. The van der Waals surface area contributed by atoms with E-state index in [2.05, 4.69) is 10.6 Å². The van der Waals surface area contributed by atoms with Gasteiger partial charge in [0.1, 0.15) is 12.3 Å². The third-order valence-electron chi connectivity index (χ3n) is 5.95. The smallest absolute Gasteiger partial charge is 0.377 e. The average Bonchev–Trinajstić information content (AvgIpc) is 2.82. The van der Waals surface area contributed by atoms with Crippen molar-refractivity contribution >= 4 is 27.5 Å². The number of nitrogens with one attached hydrogen (secondary N) is 2. The van der Waals surface area contributed by atoms with E-state index in [0.29, 0.717) is 23.3 Å². The number of hydrogen-bond donors (Lipinski definition) is 4. The summed E-state index contributed by atoms with van der Waals surface area (Å²) in [4.78, 5) is 13.2. The zero-order chi connectivity index (χ0) is 28.7. The predicted octanol–water partition coefficient (Wildman–Crippen LogP) is 3.88. The zero-order valence-electron chi connectivity index (χ0n) is 21.8. The minimum Gasteiger partial charge on any atom is -0.377 e. The molecule has 0 aromatic heterocycles. The molecule has 0 radical (unpaired) electrons. The number of carbonyl (C=O) groups excluding carboxylic acids is 1. The second-order valence-electron chi connectivity index (χ2n) is 9.63. The number of nitrogens with two attached hydrogens (primary N) is 1. The van der Waals surface area contributed by atoms with Crippen LogP contribution in [0.1, 0.15) is 38.3 Å². The van der Waals surface area contributed by atoms with Crippen LogP contribution < -0.4 is 16.4 Å². The molecule has 2 aromatic rings. The van der Waals surface area contributed by atoms with Crippen LogP contribution in [0.3, 0.4) is 0 Å². The van der Waals surface area contributed by atoms with E-state index in [1.165, 1.54) is 48.2 Å². The monoisotopic (exact) mass is 575 g/mol. The Bertz CT molecular complexity index is 1140. The minimum atomic E-state index is -4.69. The van der Waals surface area contributed by atoms with Crippen LogP contribution in [0.15, 0.2) is 53.4 Å². The first-order chi connectivity index (χ1) is 17.6. The van der Waals surface area contributed by atoms with Gasteiger partial charge < -0.3 is 16.2 Å². The van der Waals surface area contributed by atoms with E-state index < -0.39 is 46.3 Å². The van der Waals surface area contributed by atoms with Gasteiger partial charge in [0.05, 0.1) is 17.0 Å². The molecule has 38 heavy (non-hydrogen) atoms. The molecular weight excluding hydrogens is 539 g/mol. The molecule has 12 heteroatoms. The molecule has 2 aromatic carbocycles. The Balaban J connectivity index is 2.30. The first-order valence-corrected chi connectivity index (χ1v) is 15.4. The number of benzene rings is 2. The number of aliphatic hydroxyl groups is 1. The number of sulfone groups is 1. The average molecular weight is 576 g/mol. The molecule has 1 amide bonds. The highest BCUT2D eigenvalue weighted by atomic mass is 32.2. The van der Waals surface area contributed by atoms with Gasteiger partial charge in [-0.1, -0.05) is 50.2 Å². The van der Waals surface area contributed by atoms with Crippen LogP contribution in [0.5, 0.6) is 0 Å². The van der Waals surface area contributed by atoms with Crippen molar-refractivity contribution in [3.05, 3.63) is 54.1 Å². The van der Waals surface area contributed by atoms with Gasteiger partial charge in [-0.3, -0.25) is 10.1 Å². The standard InChI is InChI=1S/C26H36F3N3O4S2/c1-16(2)15-22(25(34)32-21(24(30)33)13-14-37-3)31-23(26(27,28)29)19-7-5-17(6-8-19)18-9-11-20(12-10-18)38(4,35)36/h5-12,16,21-24,31,33H,13-15,30H2,1-4H3,(H,32,34)/t21-,22-,23-,24?/m0/s1. The maximum Gasteiger partial charge on any atom is 0.407 e. The Morgan fingerprint density at radius 3 is 2.00 bits per heavy atom. The summed E-state index contributed by atoms with van der Waals surface area (Å²) in [6.07, 6.45) is -2.58. The molecule has 0 bridgehead atoms.